The van der Waals surface area contributed by atoms with Crippen LogP contribution in [0.25, 0.3) is 0 Å². The van der Waals surface area contributed by atoms with Crippen molar-refractivity contribution in [3.8, 4) is 0 Å². The molecule has 0 aromatic carbocycles. The van der Waals surface area contributed by atoms with Gasteiger partial charge in [0.05, 0.1) is 5.60 Å². The quantitative estimate of drug-likeness (QED) is 0.818. The Kier molecular flexibility index (Phi) is 4.57. The van der Waals surface area contributed by atoms with Crippen LogP contribution in [0, 0.1) is 22.7 Å². The maximum atomic E-state index is 11.3. The van der Waals surface area contributed by atoms with Crippen molar-refractivity contribution in [2.24, 2.45) is 28.4 Å². The smallest absolute Gasteiger partial charge is 0.0716 e. The Bertz CT molecular complexity index is 316. The van der Waals surface area contributed by atoms with Crippen molar-refractivity contribution < 1.29 is 5.11 Å². The lowest BCUT2D eigenvalue weighted by Gasteiger charge is -2.55. The van der Waals surface area contributed by atoms with Crippen LogP contribution in [0.5, 0.6) is 0 Å². The summed E-state index contributed by atoms with van der Waals surface area (Å²) in [7, 11) is 0. The fourth-order valence-electron chi connectivity index (χ4n) is 4.58. The van der Waals surface area contributed by atoms with Crippen molar-refractivity contribution in [1.82, 2.24) is 0 Å². The zero-order chi connectivity index (χ0) is 15.0. The van der Waals surface area contributed by atoms with E-state index in [1.807, 2.05) is 0 Å². The van der Waals surface area contributed by atoms with Gasteiger partial charge in [-0.05, 0) is 68.6 Å². The Morgan fingerprint density at radius 3 is 1.90 bits per heavy atom. The summed E-state index contributed by atoms with van der Waals surface area (Å²) in [6.07, 6.45) is 8.93. The molecule has 2 aliphatic rings. The molecule has 2 heteroatoms. The Balaban J connectivity index is 2.08. The van der Waals surface area contributed by atoms with Crippen molar-refractivity contribution in [2.45, 2.75) is 84.7 Å². The van der Waals surface area contributed by atoms with Gasteiger partial charge in [0.2, 0.25) is 0 Å². The molecule has 0 spiro atoms. The molecule has 0 atom stereocenters. The van der Waals surface area contributed by atoms with Crippen LogP contribution < -0.4 is 5.73 Å². The van der Waals surface area contributed by atoms with Gasteiger partial charge >= 0.3 is 0 Å². The van der Waals surface area contributed by atoms with Crippen molar-refractivity contribution in [2.75, 3.05) is 6.54 Å². The van der Waals surface area contributed by atoms with Gasteiger partial charge in [0.25, 0.3) is 0 Å². The van der Waals surface area contributed by atoms with Gasteiger partial charge in [-0.25, -0.2) is 0 Å². The molecule has 2 aliphatic carbocycles. The molecule has 2 saturated carbocycles. The van der Waals surface area contributed by atoms with Gasteiger partial charge in [-0.3, -0.25) is 0 Å². The molecule has 0 bridgehead atoms. The van der Waals surface area contributed by atoms with Gasteiger partial charge in [-0.2, -0.15) is 0 Å². The van der Waals surface area contributed by atoms with Crippen LogP contribution in [-0.4, -0.2) is 17.3 Å². The number of aliphatic hydroxyl groups is 1. The minimum absolute atomic E-state index is 0.00945. The van der Waals surface area contributed by atoms with Crippen LogP contribution in [-0.2, 0) is 0 Å². The fourth-order valence-corrected chi connectivity index (χ4v) is 4.58. The summed E-state index contributed by atoms with van der Waals surface area (Å²) < 4.78 is 0. The Hall–Kier alpha value is -0.0800. The van der Waals surface area contributed by atoms with Crippen molar-refractivity contribution >= 4 is 0 Å². The maximum Gasteiger partial charge on any atom is 0.0716 e. The topological polar surface area (TPSA) is 46.2 Å². The van der Waals surface area contributed by atoms with E-state index in [-0.39, 0.29) is 5.41 Å². The average Bonchev–Trinajstić information content (AvgIpc) is 2.39. The van der Waals surface area contributed by atoms with E-state index < -0.39 is 5.60 Å². The summed E-state index contributed by atoms with van der Waals surface area (Å²) in [6.45, 7) is 10.00. The lowest BCUT2D eigenvalue weighted by Crippen LogP contribution is -2.56. The molecule has 20 heavy (non-hydrogen) atoms. The molecule has 0 unspecified atom stereocenters. The van der Waals surface area contributed by atoms with Crippen LogP contribution in [0.2, 0.25) is 0 Å². The normalized spacial score (nSPS) is 37.0. The first-order valence-electron chi connectivity index (χ1n) is 8.66. The first-order chi connectivity index (χ1) is 9.24. The predicted octanol–water partition coefficient (Wildman–Crippen LogP) is 4.11. The standard InChI is InChI=1S/C18H35NO/c1-14(2)15-5-7-18(20,8-6-15)17(13-19)11-9-16(3,4)10-12-17/h14-15,20H,5-13,19H2,1-4H3. The summed E-state index contributed by atoms with van der Waals surface area (Å²) in [5.74, 6) is 1.55. The molecular weight excluding hydrogens is 246 g/mol. The number of hydrogen-bond donors (Lipinski definition) is 2. The molecule has 0 radical (unpaired) electrons. The van der Waals surface area contributed by atoms with E-state index in [4.69, 9.17) is 5.73 Å². The van der Waals surface area contributed by atoms with Gasteiger partial charge in [0.15, 0.2) is 0 Å². The SMILES string of the molecule is CC(C)C1CCC(O)(C2(CN)CCC(C)(C)CC2)CC1. The summed E-state index contributed by atoms with van der Waals surface area (Å²) >= 11 is 0. The molecule has 0 heterocycles. The molecular formula is C18H35NO. The van der Waals surface area contributed by atoms with Crippen LogP contribution >= 0.6 is 0 Å². The molecule has 0 saturated heterocycles. The van der Waals surface area contributed by atoms with Crippen molar-refractivity contribution in [1.29, 1.82) is 0 Å². The number of rotatable bonds is 3. The van der Waals surface area contributed by atoms with Gasteiger partial charge in [0.1, 0.15) is 0 Å². The molecule has 2 nitrogen and oxygen atoms in total. The first kappa shape index (κ1) is 16.3. The van der Waals surface area contributed by atoms with Gasteiger partial charge in [-0.15, -0.1) is 0 Å². The predicted molar refractivity (Wildman–Crippen MR) is 85.5 cm³/mol. The summed E-state index contributed by atoms with van der Waals surface area (Å²) in [5.41, 5.74) is 6.11. The third-order valence-electron chi connectivity index (χ3n) is 6.74. The second kappa shape index (κ2) is 5.61. The lowest BCUT2D eigenvalue weighted by atomic mass is 9.54. The lowest BCUT2D eigenvalue weighted by molar-refractivity contribution is -0.140. The van der Waals surface area contributed by atoms with Crippen LogP contribution in [0.3, 0.4) is 0 Å². The second-order valence-corrected chi connectivity index (χ2v) is 8.76. The van der Waals surface area contributed by atoms with E-state index in [9.17, 15) is 5.11 Å². The second-order valence-electron chi connectivity index (χ2n) is 8.76. The summed E-state index contributed by atoms with van der Waals surface area (Å²) in [4.78, 5) is 0. The number of hydrogen-bond acceptors (Lipinski definition) is 2. The first-order valence-corrected chi connectivity index (χ1v) is 8.66. The molecule has 3 N–H and O–H groups in total. The molecule has 0 amide bonds. The molecule has 0 aromatic rings. The summed E-state index contributed by atoms with van der Waals surface area (Å²) in [6, 6.07) is 0. The average molecular weight is 281 g/mol. The third-order valence-corrected chi connectivity index (χ3v) is 6.74. The van der Waals surface area contributed by atoms with Crippen LogP contribution in [0.1, 0.15) is 79.1 Å². The zero-order valence-corrected chi connectivity index (χ0v) is 14.0. The monoisotopic (exact) mass is 281 g/mol. The molecule has 118 valence electrons. The highest BCUT2D eigenvalue weighted by Gasteiger charge is 2.52. The third kappa shape index (κ3) is 2.92. The molecule has 2 rings (SSSR count). The Labute approximate surface area is 125 Å². The van der Waals surface area contributed by atoms with Crippen molar-refractivity contribution in [3.05, 3.63) is 0 Å². The highest BCUT2D eigenvalue weighted by atomic mass is 16.3. The minimum Gasteiger partial charge on any atom is -0.389 e. The van der Waals surface area contributed by atoms with E-state index in [0.717, 1.165) is 37.5 Å². The van der Waals surface area contributed by atoms with E-state index in [2.05, 4.69) is 27.7 Å². The largest absolute Gasteiger partial charge is 0.389 e. The highest BCUT2D eigenvalue weighted by Crippen LogP contribution is 2.55. The van der Waals surface area contributed by atoms with Crippen LogP contribution in [0.4, 0.5) is 0 Å². The van der Waals surface area contributed by atoms with Crippen LogP contribution in [0.15, 0.2) is 0 Å². The summed E-state index contributed by atoms with van der Waals surface area (Å²) in [5, 5.41) is 11.3. The van der Waals surface area contributed by atoms with E-state index in [1.54, 1.807) is 0 Å². The van der Waals surface area contributed by atoms with E-state index >= 15 is 0 Å². The van der Waals surface area contributed by atoms with Gasteiger partial charge in [-0.1, -0.05) is 27.7 Å². The van der Waals surface area contributed by atoms with Gasteiger partial charge in [0, 0.05) is 12.0 Å². The maximum absolute atomic E-state index is 11.3. The van der Waals surface area contributed by atoms with Gasteiger partial charge < -0.3 is 10.8 Å². The Morgan fingerprint density at radius 1 is 1.00 bits per heavy atom. The fraction of sp³-hybridized carbons (Fsp3) is 1.00. The zero-order valence-electron chi connectivity index (χ0n) is 14.0. The molecule has 2 fully saturated rings. The van der Waals surface area contributed by atoms with E-state index in [0.29, 0.717) is 12.0 Å². The Morgan fingerprint density at radius 2 is 1.50 bits per heavy atom. The van der Waals surface area contributed by atoms with E-state index in [1.165, 1.54) is 25.7 Å². The highest BCUT2D eigenvalue weighted by molar-refractivity contribution is 5.05. The minimum atomic E-state index is -0.496. The van der Waals surface area contributed by atoms with Crippen molar-refractivity contribution in [3.63, 3.8) is 0 Å². The molecule has 0 aromatic heterocycles. The number of nitrogens with two attached hydrogens (primary N) is 1. The molecule has 0 aliphatic heterocycles.